The van der Waals surface area contributed by atoms with Crippen LogP contribution in [-0.2, 0) is 16.6 Å². The molecule has 1 N–H and O–H groups in total. The molecular weight excluding hydrogens is 312 g/mol. The zero-order valence-electron chi connectivity index (χ0n) is 12.4. The van der Waals surface area contributed by atoms with Crippen LogP contribution in [0, 0.1) is 0 Å². The Morgan fingerprint density at radius 1 is 1.30 bits per heavy atom. The van der Waals surface area contributed by atoms with Gasteiger partial charge in [0.25, 0.3) is 5.91 Å². The summed E-state index contributed by atoms with van der Waals surface area (Å²) < 4.78 is 2.72. The number of imide groups is 1. The number of fused-ring (bicyclic) bond motifs is 1. The number of hydrogen-bond donors (Lipinski definition) is 1. The van der Waals surface area contributed by atoms with Crippen molar-refractivity contribution >= 4 is 44.6 Å². The van der Waals surface area contributed by atoms with Crippen molar-refractivity contribution in [2.45, 2.75) is 12.5 Å². The number of nitrogens with one attached hydrogen (secondary N) is 1. The largest absolute Gasteiger partial charge is 0.372 e. The summed E-state index contributed by atoms with van der Waals surface area (Å²) in [4.78, 5) is 26.0. The van der Waals surface area contributed by atoms with Crippen LogP contribution in [0.4, 0.5) is 11.4 Å². The summed E-state index contributed by atoms with van der Waals surface area (Å²) in [6.45, 7) is 0. The molecule has 1 unspecified atom stereocenters. The normalized spacial score (nSPS) is 18.1. The van der Waals surface area contributed by atoms with E-state index in [2.05, 4.69) is 10.4 Å². The second-order valence-corrected chi connectivity index (χ2v) is 6.40. The van der Waals surface area contributed by atoms with E-state index in [-0.39, 0.29) is 18.2 Å². The summed E-state index contributed by atoms with van der Waals surface area (Å²) in [5, 5.41) is 10.3. The third-order valence-electron chi connectivity index (χ3n) is 3.91. The van der Waals surface area contributed by atoms with Gasteiger partial charge in [0, 0.05) is 28.7 Å². The van der Waals surface area contributed by atoms with Gasteiger partial charge in [0.2, 0.25) is 5.91 Å². The summed E-state index contributed by atoms with van der Waals surface area (Å²) >= 11 is 1.61. The van der Waals surface area contributed by atoms with Gasteiger partial charge in [-0.25, -0.2) is 4.90 Å². The van der Waals surface area contributed by atoms with E-state index in [1.807, 2.05) is 29.6 Å². The van der Waals surface area contributed by atoms with Crippen molar-refractivity contribution < 1.29 is 9.59 Å². The number of hydrogen-bond acceptors (Lipinski definition) is 5. The number of carbonyl (C=O) groups is 2. The fourth-order valence-electron chi connectivity index (χ4n) is 2.82. The molecule has 0 radical (unpaired) electrons. The number of aromatic nitrogens is 2. The molecule has 0 saturated carbocycles. The molecular formula is C16H14N4O2S. The van der Waals surface area contributed by atoms with Crippen LogP contribution in [0.5, 0.6) is 0 Å². The van der Waals surface area contributed by atoms with Gasteiger partial charge in [-0.15, -0.1) is 11.3 Å². The minimum Gasteiger partial charge on any atom is -0.372 e. The van der Waals surface area contributed by atoms with Gasteiger partial charge < -0.3 is 5.32 Å². The Hall–Kier alpha value is -2.67. The van der Waals surface area contributed by atoms with Gasteiger partial charge in [0.05, 0.1) is 24.0 Å². The lowest BCUT2D eigenvalue weighted by atomic mass is 10.2. The average molecular weight is 326 g/mol. The van der Waals surface area contributed by atoms with Gasteiger partial charge in [-0.05, 0) is 6.07 Å². The molecule has 3 aromatic rings. The fourth-order valence-corrected chi connectivity index (χ4v) is 3.72. The Kier molecular flexibility index (Phi) is 3.16. The summed E-state index contributed by atoms with van der Waals surface area (Å²) in [5.74, 6) is -0.446. The van der Waals surface area contributed by atoms with Crippen molar-refractivity contribution in [2.24, 2.45) is 7.05 Å². The molecule has 3 heterocycles. The number of carbonyl (C=O) groups excluding carboxylic acids is 2. The van der Waals surface area contributed by atoms with E-state index >= 15 is 0 Å². The molecule has 6 nitrogen and oxygen atoms in total. The van der Waals surface area contributed by atoms with E-state index in [9.17, 15) is 9.59 Å². The third-order valence-corrected chi connectivity index (χ3v) is 4.87. The fraction of sp³-hybridized carbons (Fsp3) is 0.188. The lowest BCUT2D eigenvalue weighted by Crippen LogP contribution is -2.34. The molecule has 1 atom stereocenters. The molecule has 23 heavy (non-hydrogen) atoms. The predicted octanol–water partition coefficient (Wildman–Crippen LogP) is 2.38. The molecule has 0 aliphatic carbocycles. The first-order valence-electron chi connectivity index (χ1n) is 7.22. The van der Waals surface area contributed by atoms with Crippen molar-refractivity contribution in [1.29, 1.82) is 0 Å². The summed E-state index contributed by atoms with van der Waals surface area (Å²) in [5.41, 5.74) is 1.41. The number of nitrogens with zero attached hydrogens (tertiary/aromatic N) is 3. The number of amides is 2. The molecule has 1 saturated heterocycles. The molecule has 1 aliphatic rings. The van der Waals surface area contributed by atoms with E-state index in [4.69, 9.17) is 0 Å². The highest BCUT2D eigenvalue weighted by atomic mass is 32.1. The van der Waals surface area contributed by atoms with Gasteiger partial charge in [0.15, 0.2) is 0 Å². The quantitative estimate of drug-likeness (QED) is 0.751. The van der Waals surface area contributed by atoms with Gasteiger partial charge in [-0.1, -0.05) is 18.2 Å². The van der Waals surface area contributed by atoms with Crippen LogP contribution in [-0.4, -0.2) is 27.6 Å². The number of rotatable bonds is 3. The standard InChI is InChI=1S/C16H14N4O2S/c1-19-8-10(7-17-19)20-15(21)6-12(16(20)22)18-13-9-23-14-5-3-2-4-11(13)14/h2-5,7-9,12,18H,6H2,1H3. The molecule has 2 amide bonds. The molecule has 1 aromatic carbocycles. The number of thiophene rings is 1. The molecule has 7 heteroatoms. The maximum atomic E-state index is 12.6. The van der Waals surface area contributed by atoms with Crippen LogP contribution >= 0.6 is 11.3 Å². The monoisotopic (exact) mass is 326 g/mol. The Morgan fingerprint density at radius 2 is 2.13 bits per heavy atom. The Bertz CT molecular complexity index is 914. The van der Waals surface area contributed by atoms with Crippen LogP contribution in [0.15, 0.2) is 42.0 Å². The van der Waals surface area contributed by atoms with E-state index in [0.717, 1.165) is 15.8 Å². The molecule has 2 aromatic heterocycles. The average Bonchev–Trinajstić information content (AvgIpc) is 3.20. The van der Waals surface area contributed by atoms with Crippen molar-refractivity contribution in [3.05, 3.63) is 42.0 Å². The van der Waals surface area contributed by atoms with E-state index < -0.39 is 6.04 Å². The van der Waals surface area contributed by atoms with E-state index in [0.29, 0.717) is 5.69 Å². The zero-order chi connectivity index (χ0) is 16.0. The second kappa shape index (κ2) is 5.20. The zero-order valence-corrected chi connectivity index (χ0v) is 13.2. The van der Waals surface area contributed by atoms with Crippen molar-refractivity contribution in [2.75, 3.05) is 10.2 Å². The van der Waals surface area contributed by atoms with Gasteiger partial charge in [0.1, 0.15) is 6.04 Å². The maximum absolute atomic E-state index is 12.6. The maximum Gasteiger partial charge on any atom is 0.256 e. The summed E-state index contributed by atoms with van der Waals surface area (Å²) in [6, 6.07) is 7.45. The molecule has 0 bridgehead atoms. The number of benzene rings is 1. The Balaban J connectivity index is 1.61. The van der Waals surface area contributed by atoms with E-state index in [1.165, 1.54) is 11.1 Å². The molecule has 4 rings (SSSR count). The second-order valence-electron chi connectivity index (χ2n) is 5.49. The summed E-state index contributed by atoms with van der Waals surface area (Å²) in [6.07, 6.45) is 3.34. The topological polar surface area (TPSA) is 67.2 Å². The minimum atomic E-state index is -0.541. The minimum absolute atomic E-state index is 0.151. The Labute approximate surface area is 136 Å². The highest BCUT2D eigenvalue weighted by Gasteiger charge is 2.40. The first-order chi connectivity index (χ1) is 11.1. The Morgan fingerprint density at radius 3 is 2.91 bits per heavy atom. The summed E-state index contributed by atoms with van der Waals surface area (Å²) in [7, 11) is 1.75. The van der Waals surface area contributed by atoms with Crippen LogP contribution < -0.4 is 10.2 Å². The number of aryl methyl sites for hydroxylation is 1. The lowest BCUT2D eigenvalue weighted by Gasteiger charge is -2.13. The molecule has 116 valence electrons. The van der Waals surface area contributed by atoms with Crippen LogP contribution in [0.2, 0.25) is 0 Å². The smallest absolute Gasteiger partial charge is 0.256 e. The highest BCUT2D eigenvalue weighted by Crippen LogP contribution is 2.32. The third kappa shape index (κ3) is 2.29. The number of anilines is 2. The molecule has 1 aliphatic heterocycles. The van der Waals surface area contributed by atoms with Gasteiger partial charge in [-0.2, -0.15) is 5.10 Å². The molecule has 0 spiro atoms. The van der Waals surface area contributed by atoms with Crippen molar-refractivity contribution in [3.63, 3.8) is 0 Å². The first kappa shape index (κ1) is 14.0. The van der Waals surface area contributed by atoms with Gasteiger partial charge in [-0.3, -0.25) is 14.3 Å². The van der Waals surface area contributed by atoms with Gasteiger partial charge >= 0.3 is 0 Å². The predicted molar refractivity (Wildman–Crippen MR) is 89.6 cm³/mol. The van der Waals surface area contributed by atoms with Crippen molar-refractivity contribution in [1.82, 2.24) is 9.78 Å². The molecule has 1 fully saturated rings. The van der Waals surface area contributed by atoms with Crippen molar-refractivity contribution in [3.8, 4) is 0 Å². The van der Waals surface area contributed by atoms with E-state index in [1.54, 1.807) is 29.3 Å². The lowest BCUT2D eigenvalue weighted by molar-refractivity contribution is -0.121. The van der Waals surface area contributed by atoms with Crippen LogP contribution in [0.3, 0.4) is 0 Å². The SMILES string of the molecule is Cn1cc(N2C(=O)CC(Nc3csc4ccccc34)C2=O)cn1. The first-order valence-corrected chi connectivity index (χ1v) is 8.09. The van der Waals surface area contributed by atoms with Crippen LogP contribution in [0.25, 0.3) is 10.1 Å². The van der Waals surface area contributed by atoms with Crippen LogP contribution in [0.1, 0.15) is 6.42 Å². The highest BCUT2D eigenvalue weighted by molar-refractivity contribution is 7.17.